The SMILES string of the molecule is Nc1ccc(SCCSc2cc(Cl)ccc2Cl)nc1. The van der Waals surface area contributed by atoms with Crippen LogP contribution in [-0.2, 0) is 0 Å². The van der Waals surface area contributed by atoms with Crippen LogP contribution < -0.4 is 5.73 Å². The minimum Gasteiger partial charge on any atom is -0.397 e. The van der Waals surface area contributed by atoms with Crippen LogP contribution >= 0.6 is 46.7 Å². The highest BCUT2D eigenvalue weighted by Gasteiger charge is 2.02. The Kier molecular flexibility index (Phi) is 5.70. The molecule has 0 saturated heterocycles. The van der Waals surface area contributed by atoms with Gasteiger partial charge in [-0.2, -0.15) is 0 Å². The summed E-state index contributed by atoms with van der Waals surface area (Å²) in [6.45, 7) is 0. The second-order valence-corrected chi connectivity index (χ2v) is 6.80. The van der Waals surface area contributed by atoms with Crippen molar-refractivity contribution in [2.45, 2.75) is 9.92 Å². The molecule has 1 aromatic heterocycles. The molecular formula is C13H12Cl2N2S2. The first-order valence-electron chi connectivity index (χ1n) is 5.57. The van der Waals surface area contributed by atoms with Gasteiger partial charge >= 0.3 is 0 Å². The average molecular weight is 331 g/mol. The zero-order chi connectivity index (χ0) is 13.7. The molecule has 2 N–H and O–H groups in total. The zero-order valence-corrected chi connectivity index (χ0v) is 13.1. The molecule has 0 saturated carbocycles. The van der Waals surface area contributed by atoms with Gasteiger partial charge in [0.15, 0.2) is 0 Å². The third-order valence-corrected chi connectivity index (χ3v) is 5.18. The van der Waals surface area contributed by atoms with Gasteiger partial charge in [0, 0.05) is 21.4 Å². The molecule has 0 bridgehead atoms. The summed E-state index contributed by atoms with van der Waals surface area (Å²) in [6.07, 6.45) is 1.67. The summed E-state index contributed by atoms with van der Waals surface area (Å²) < 4.78 is 0. The van der Waals surface area contributed by atoms with E-state index in [1.165, 1.54) is 0 Å². The molecule has 2 rings (SSSR count). The van der Waals surface area contributed by atoms with Crippen molar-refractivity contribution in [3.8, 4) is 0 Å². The number of benzene rings is 1. The number of rotatable bonds is 5. The lowest BCUT2D eigenvalue weighted by molar-refractivity contribution is 1.14. The monoisotopic (exact) mass is 330 g/mol. The molecule has 0 radical (unpaired) electrons. The lowest BCUT2D eigenvalue weighted by Gasteiger charge is -2.04. The summed E-state index contributed by atoms with van der Waals surface area (Å²) in [6, 6.07) is 9.29. The summed E-state index contributed by atoms with van der Waals surface area (Å²) in [5.41, 5.74) is 6.27. The standard InChI is InChI=1S/C13H12Cl2N2S2/c14-9-1-3-11(15)12(7-9)18-5-6-19-13-4-2-10(16)8-17-13/h1-4,7-8H,5-6,16H2. The number of anilines is 1. The Morgan fingerprint density at radius 1 is 1.05 bits per heavy atom. The van der Waals surface area contributed by atoms with Gasteiger partial charge in [0.2, 0.25) is 0 Å². The Labute approximate surface area is 131 Å². The Bertz CT molecular complexity index is 547. The minimum atomic E-state index is 0.685. The van der Waals surface area contributed by atoms with E-state index in [2.05, 4.69) is 4.98 Å². The largest absolute Gasteiger partial charge is 0.397 e. The Hall–Kier alpha value is -0.550. The molecule has 0 atom stereocenters. The van der Waals surface area contributed by atoms with Crippen LogP contribution in [0.4, 0.5) is 5.69 Å². The molecule has 0 aliphatic heterocycles. The van der Waals surface area contributed by atoms with Crippen molar-refractivity contribution in [2.24, 2.45) is 0 Å². The summed E-state index contributed by atoms with van der Waals surface area (Å²) >= 11 is 15.4. The number of nitrogen functional groups attached to an aromatic ring is 1. The van der Waals surface area contributed by atoms with Crippen LogP contribution in [0.5, 0.6) is 0 Å². The highest BCUT2D eigenvalue weighted by molar-refractivity contribution is 8.03. The van der Waals surface area contributed by atoms with Gasteiger partial charge in [0.05, 0.1) is 21.9 Å². The molecule has 100 valence electrons. The Morgan fingerprint density at radius 2 is 1.84 bits per heavy atom. The fourth-order valence-corrected chi connectivity index (χ4v) is 3.68. The topological polar surface area (TPSA) is 38.9 Å². The average Bonchev–Trinajstić information content (AvgIpc) is 2.40. The first-order chi connectivity index (χ1) is 9.15. The van der Waals surface area contributed by atoms with Gasteiger partial charge in [-0.3, -0.25) is 0 Å². The Morgan fingerprint density at radius 3 is 2.58 bits per heavy atom. The maximum Gasteiger partial charge on any atom is 0.0961 e. The number of nitrogens with zero attached hydrogens (tertiary/aromatic N) is 1. The van der Waals surface area contributed by atoms with E-state index in [0.29, 0.717) is 10.7 Å². The normalized spacial score (nSPS) is 10.6. The van der Waals surface area contributed by atoms with Gasteiger partial charge in [-0.15, -0.1) is 23.5 Å². The molecule has 6 heteroatoms. The predicted octanol–water partition coefficient (Wildman–Crippen LogP) is 4.86. The quantitative estimate of drug-likeness (QED) is 0.628. The van der Waals surface area contributed by atoms with Crippen LogP contribution in [-0.4, -0.2) is 16.5 Å². The van der Waals surface area contributed by atoms with Crippen molar-refractivity contribution in [3.05, 3.63) is 46.6 Å². The number of halogens is 2. The fourth-order valence-electron chi connectivity index (χ4n) is 1.36. The van der Waals surface area contributed by atoms with Gasteiger partial charge in [0.25, 0.3) is 0 Å². The first-order valence-corrected chi connectivity index (χ1v) is 8.30. The van der Waals surface area contributed by atoms with Gasteiger partial charge in [-0.25, -0.2) is 4.98 Å². The number of thioether (sulfide) groups is 2. The third-order valence-electron chi connectivity index (χ3n) is 2.24. The second-order valence-electron chi connectivity index (χ2n) is 3.70. The van der Waals surface area contributed by atoms with Crippen molar-refractivity contribution >= 4 is 52.4 Å². The molecule has 2 aromatic rings. The minimum absolute atomic E-state index is 0.685. The van der Waals surface area contributed by atoms with Crippen LogP contribution in [0.25, 0.3) is 0 Å². The van der Waals surface area contributed by atoms with E-state index in [-0.39, 0.29) is 0 Å². The fraction of sp³-hybridized carbons (Fsp3) is 0.154. The van der Waals surface area contributed by atoms with E-state index in [0.717, 1.165) is 26.4 Å². The second kappa shape index (κ2) is 7.29. The molecular weight excluding hydrogens is 319 g/mol. The summed E-state index contributed by atoms with van der Waals surface area (Å²) in [4.78, 5) is 5.25. The van der Waals surface area contributed by atoms with Crippen LogP contribution in [0, 0.1) is 0 Å². The van der Waals surface area contributed by atoms with Crippen LogP contribution in [0.2, 0.25) is 10.0 Å². The molecule has 0 amide bonds. The molecule has 2 nitrogen and oxygen atoms in total. The molecule has 0 aliphatic rings. The van der Waals surface area contributed by atoms with Gasteiger partial charge in [-0.05, 0) is 30.3 Å². The highest BCUT2D eigenvalue weighted by Crippen LogP contribution is 2.30. The lowest BCUT2D eigenvalue weighted by Crippen LogP contribution is -1.89. The molecule has 1 aromatic carbocycles. The van der Waals surface area contributed by atoms with E-state index in [1.807, 2.05) is 24.3 Å². The van der Waals surface area contributed by atoms with Crippen molar-refractivity contribution in [2.75, 3.05) is 17.2 Å². The number of aromatic nitrogens is 1. The summed E-state index contributed by atoms with van der Waals surface area (Å²) in [5, 5.41) is 2.43. The van der Waals surface area contributed by atoms with E-state index < -0.39 is 0 Å². The molecule has 0 unspecified atom stereocenters. The van der Waals surface area contributed by atoms with Crippen LogP contribution in [0.3, 0.4) is 0 Å². The number of hydrogen-bond donors (Lipinski definition) is 1. The van der Waals surface area contributed by atoms with Gasteiger partial charge in [0.1, 0.15) is 0 Å². The molecule has 19 heavy (non-hydrogen) atoms. The van der Waals surface area contributed by atoms with Crippen LogP contribution in [0.15, 0.2) is 46.5 Å². The van der Waals surface area contributed by atoms with Crippen molar-refractivity contribution < 1.29 is 0 Å². The molecule has 0 fully saturated rings. The first kappa shape index (κ1) is 14.9. The van der Waals surface area contributed by atoms with Crippen molar-refractivity contribution in [3.63, 3.8) is 0 Å². The maximum absolute atomic E-state index is 6.10. The highest BCUT2D eigenvalue weighted by atomic mass is 35.5. The lowest BCUT2D eigenvalue weighted by atomic mass is 10.4. The van der Waals surface area contributed by atoms with E-state index in [4.69, 9.17) is 28.9 Å². The number of pyridine rings is 1. The summed E-state index contributed by atoms with van der Waals surface area (Å²) in [5.74, 6) is 1.89. The van der Waals surface area contributed by atoms with Gasteiger partial charge < -0.3 is 5.73 Å². The number of hydrogen-bond acceptors (Lipinski definition) is 4. The van der Waals surface area contributed by atoms with Crippen molar-refractivity contribution in [1.29, 1.82) is 0 Å². The van der Waals surface area contributed by atoms with Gasteiger partial charge in [-0.1, -0.05) is 23.2 Å². The Balaban J connectivity index is 1.80. The van der Waals surface area contributed by atoms with Crippen molar-refractivity contribution in [1.82, 2.24) is 4.98 Å². The maximum atomic E-state index is 6.10. The summed E-state index contributed by atoms with van der Waals surface area (Å²) in [7, 11) is 0. The third kappa shape index (κ3) is 4.80. The van der Waals surface area contributed by atoms with E-state index >= 15 is 0 Å². The molecule has 0 spiro atoms. The smallest absolute Gasteiger partial charge is 0.0961 e. The number of nitrogens with two attached hydrogens (primary N) is 1. The van der Waals surface area contributed by atoms with E-state index in [9.17, 15) is 0 Å². The van der Waals surface area contributed by atoms with E-state index in [1.54, 1.807) is 35.8 Å². The van der Waals surface area contributed by atoms with Crippen LogP contribution in [0.1, 0.15) is 0 Å². The zero-order valence-electron chi connectivity index (χ0n) is 9.98. The molecule has 0 aliphatic carbocycles. The molecule has 1 heterocycles. The predicted molar refractivity (Wildman–Crippen MR) is 86.6 cm³/mol.